The van der Waals surface area contributed by atoms with Gasteiger partial charge in [0.1, 0.15) is 0 Å². The molecule has 0 spiro atoms. The Morgan fingerprint density at radius 1 is 1.53 bits per heavy atom. The lowest BCUT2D eigenvalue weighted by atomic mass is 10.3. The monoisotopic (exact) mass is 243 g/mol. The minimum atomic E-state index is 0.369. The predicted octanol–water partition coefficient (Wildman–Crippen LogP) is 1.95. The first-order valence-corrected chi connectivity index (χ1v) is 6.69. The third-order valence-corrected chi connectivity index (χ3v) is 3.88. The molecule has 5 heteroatoms. The summed E-state index contributed by atoms with van der Waals surface area (Å²) < 4.78 is 0. The van der Waals surface area contributed by atoms with Gasteiger partial charge in [-0.3, -0.25) is 0 Å². The van der Waals surface area contributed by atoms with E-state index in [1.807, 2.05) is 31.1 Å². The fourth-order valence-corrected chi connectivity index (χ4v) is 3.05. The first-order chi connectivity index (χ1) is 7.31. The van der Waals surface area contributed by atoms with Crippen LogP contribution in [0.3, 0.4) is 0 Å². The van der Waals surface area contributed by atoms with Gasteiger partial charge in [0, 0.05) is 36.3 Å². The summed E-state index contributed by atoms with van der Waals surface area (Å²) in [5.41, 5.74) is 1.09. The van der Waals surface area contributed by atoms with E-state index in [9.17, 15) is 0 Å². The molecule has 0 radical (unpaired) electrons. The molecule has 1 unspecified atom stereocenters. The summed E-state index contributed by atoms with van der Waals surface area (Å²) in [5, 5.41) is 0. The van der Waals surface area contributed by atoms with Gasteiger partial charge in [0.05, 0.1) is 6.04 Å². The largest absolute Gasteiger partial charge is 0.335 e. The standard InChI is InChI=1S/C10H14ClN3S/c1-8-5-12-10(13-6-8)14-2-3-15-7-9(14)4-11/h5-6,9H,2-4,7H2,1H3. The van der Waals surface area contributed by atoms with Gasteiger partial charge in [0.25, 0.3) is 0 Å². The summed E-state index contributed by atoms with van der Waals surface area (Å²) in [4.78, 5) is 10.9. The van der Waals surface area contributed by atoms with Crippen LogP contribution in [0.2, 0.25) is 0 Å². The molecular weight excluding hydrogens is 230 g/mol. The van der Waals surface area contributed by atoms with E-state index >= 15 is 0 Å². The van der Waals surface area contributed by atoms with Crippen LogP contribution < -0.4 is 4.90 Å². The lowest BCUT2D eigenvalue weighted by Gasteiger charge is -2.34. The Kier molecular flexibility index (Phi) is 3.70. The molecule has 1 atom stereocenters. The Labute approximate surface area is 99.2 Å². The number of rotatable bonds is 2. The summed E-state index contributed by atoms with van der Waals surface area (Å²) in [6.07, 6.45) is 3.71. The van der Waals surface area contributed by atoms with E-state index in [1.54, 1.807) is 0 Å². The summed E-state index contributed by atoms with van der Waals surface area (Å²) >= 11 is 7.89. The highest BCUT2D eigenvalue weighted by molar-refractivity contribution is 7.99. The molecule has 1 aromatic rings. The average Bonchev–Trinajstić information content (AvgIpc) is 2.30. The van der Waals surface area contributed by atoms with Crippen LogP contribution in [0.15, 0.2) is 12.4 Å². The molecule has 0 bridgehead atoms. The maximum Gasteiger partial charge on any atom is 0.225 e. The molecular formula is C10H14ClN3S. The second-order valence-electron chi connectivity index (χ2n) is 3.64. The predicted molar refractivity (Wildman–Crippen MR) is 65.9 cm³/mol. The number of thioether (sulfide) groups is 1. The van der Waals surface area contributed by atoms with Crippen LogP contribution in [0.5, 0.6) is 0 Å². The highest BCUT2D eigenvalue weighted by atomic mass is 35.5. The highest BCUT2D eigenvalue weighted by Gasteiger charge is 2.23. The van der Waals surface area contributed by atoms with Gasteiger partial charge in [-0.1, -0.05) is 0 Å². The number of aromatic nitrogens is 2. The van der Waals surface area contributed by atoms with Crippen molar-refractivity contribution in [2.45, 2.75) is 13.0 Å². The molecule has 82 valence electrons. The second-order valence-corrected chi connectivity index (χ2v) is 5.10. The topological polar surface area (TPSA) is 29.0 Å². The lowest BCUT2D eigenvalue weighted by molar-refractivity contribution is 0.681. The van der Waals surface area contributed by atoms with Crippen molar-refractivity contribution in [2.75, 3.05) is 28.8 Å². The minimum absolute atomic E-state index is 0.369. The van der Waals surface area contributed by atoms with Crippen molar-refractivity contribution in [1.29, 1.82) is 0 Å². The smallest absolute Gasteiger partial charge is 0.225 e. The van der Waals surface area contributed by atoms with Crippen LogP contribution in [0.25, 0.3) is 0 Å². The number of alkyl halides is 1. The highest BCUT2D eigenvalue weighted by Crippen LogP contribution is 2.21. The molecule has 1 fully saturated rings. The van der Waals surface area contributed by atoms with Gasteiger partial charge >= 0.3 is 0 Å². The van der Waals surface area contributed by atoms with Gasteiger partial charge in [0.2, 0.25) is 5.95 Å². The number of halogens is 1. The van der Waals surface area contributed by atoms with Crippen molar-refractivity contribution < 1.29 is 0 Å². The van der Waals surface area contributed by atoms with E-state index in [-0.39, 0.29) is 0 Å². The third kappa shape index (κ3) is 2.55. The molecule has 0 saturated carbocycles. The summed E-state index contributed by atoms with van der Waals surface area (Å²) in [5.74, 6) is 3.65. The van der Waals surface area contributed by atoms with Gasteiger partial charge in [0.15, 0.2) is 0 Å². The number of anilines is 1. The maximum atomic E-state index is 5.95. The summed E-state index contributed by atoms with van der Waals surface area (Å²) in [7, 11) is 0. The Hall–Kier alpha value is -0.480. The van der Waals surface area contributed by atoms with Gasteiger partial charge < -0.3 is 4.90 Å². The fraction of sp³-hybridized carbons (Fsp3) is 0.600. The molecule has 1 aliphatic rings. The van der Waals surface area contributed by atoms with Crippen molar-refractivity contribution in [3.05, 3.63) is 18.0 Å². The Morgan fingerprint density at radius 3 is 2.93 bits per heavy atom. The second kappa shape index (κ2) is 5.03. The fourth-order valence-electron chi connectivity index (χ4n) is 1.58. The zero-order valence-electron chi connectivity index (χ0n) is 8.69. The van der Waals surface area contributed by atoms with E-state index < -0.39 is 0 Å². The molecule has 15 heavy (non-hydrogen) atoms. The number of hydrogen-bond donors (Lipinski definition) is 0. The van der Waals surface area contributed by atoms with Crippen molar-refractivity contribution in [1.82, 2.24) is 9.97 Å². The molecule has 0 amide bonds. The number of aryl methyl sites for hydroxylation is 1. The van der Waals surface area contributed by atoms with E-state index in [4.69, 9.17) is 11.6 Å². The van der Waals surface area contributed by atoms with E-state index in [1.165, 1.54) is 0 Å². The minimum Gasteiger partial charge on any atom is -0.335 e. The molecule has 1 aliphatic heterocycles. The van der Waals surface area contributed by atoms with Gasteiger partial charge in [-0.15, -0.1) is 11.6 Å². The van der Waals surface area contributed by atoms with Crippen LogP contribution in [-0.4, -0.2) is 39.9 Å². The molecule has 0 aliphatic carbocycles. The summed E-state index contributed by atoms with van der Waals surface area (Å²) in [6.45, 7) is 2.99. The zero-order chi connectivity index (χ0) is 10.7. The Bertz CT molecular complexity index is 317. The molecule has 1 saturated heterocycles. The molecule has 2 rings (SSSR count). The van der Waals surface area contributed by atoms with Crippen LogP contribution >= 0.6 is 23.4 Å². The number of nitrogens with zero attached hydrogens (tertiary/aromatic N) is 3. The van der Waals surface area contributed by atoms with Crippen LogP contribution in [0, 0.1) is 6.92 Å². The van der Waals surface area contributed by atoms with E-state index in [0.29, 0.717) is 11.9 Å². The maximum absolute atomic E-state index is 5.95. The molecule has 3 nitrogen and oxygen atoms in total. The van der Waals surface area contributed by atoms with Crippen molar-refractivity contribution in [3.8, 4) is 0 Å². The zero-order valence-corrected chi connectivity index (χ0v) is 10.3. The molecule has 1 aromatic heterocycles. The molecule has 0 N–H and O–H groups in total. The van der Waals surface area contributed by atoms with Crippen LogP contribution in [0.4, 0.5) is 5.95 Å². The lowest BCUT2D eigenvalue weighted by Crippen LogP contribution is -2.44. The van der Waals surface area contributed by atoms with Gasteiger partial charge in [-0.05, 0) is 12.5 Å². The SMILES string of the molecule is Cc1cnc(N2CCSCC2CCl)nc1. The van der Waals surface area contributed by atoms with E-state index in [0.717, 1.165) is 29.6 Å². The Morgan fingerprint density at radius 2 is 2.27 bits per heavy atom. The molecule has 0 aromatic carbocycles. The molecule has 2 heterocycles. The normalized spacial score (nSPS) is 21.7. The van der Waals surface area contributed by atoms with E-state index in [2.05, 4.69) is 14.9 Å². The Balaban J connectivity index is 2.16. The van der Waals surface area contributed by atoms with Gasteiger partial charge in [-0.25, -0.2) is 9.97 Å². The van der Waals surface area contributed by atoms with Crippen molar-refractivity contribution >= 4 is 29.3 Å². The average molecular weight is 244 g/mol. The third-order valence-electron chi connectivity index (χ3n) is 2.43. The van der Waals surface area contributed by atoms with Crippen LogP contribution in [-0.2, 0) is 0 Å². The van der Waals surface area contributed by atoms with Crippen molar-refractivity contribution in [3.63, 3.8) is 0 Å². The first kappa shape index (κ1) is 11.0. The number of hydrogen-bond acceptors (Lipinski definition) is 4. The van der Waals surface area contributed by atoms with Crippen LogP contribution in [0.1, 0.15) is 5.56 Å². The van der Waals surface area contributed by atoms with Gasteiger partial charge in [-0.2, -0.15) is 11.8 Å². The summed E-state index contributed by atoms with van der Waals surface area (Å²) in [6, 6.07) is 0.369. The quantitative estimate of drug-likeness (QED) is 0.743. The first-order valence-electron chi connectivity index (χ1n) is 5.00. The van der Waals surface area contributed by atoms with Crippen molar-refractivity contribution in [2.24, 2.45) is 0 Å².